The summed E-state index contributed by atoms with van der Waals surface area (Å²) in [4.78, 5) is 16.2. The number of carbonyl (C=O) groups is 1. The zero-order chi connectivity index (χ0) is 13.3. The van der Waals surface area contributed by atoms with Crippen molar-refractivity contribution in [1.82, 2.24) is 9.80 Å². The van der Waals surface area contributed by atoms with Gasteiger partial charge in [0, 0.05) is 19.1 Å². The molecule has 2 saturated heterocycles. The summed E-state index contributed by atoms with van der Waals surface area (Å²) in [6.45, 7) is 8.13. The predicted molar refractivity (Wildman–Crippen MR) is 68.4 cm³/mol. The highest BCUT2D eigenvalue weighted by Crippen LogP contribution is 2.25. The molecule has 2 aliphatic heterocycles. The van der Waals surface area contributed by atoms with Gasteiger partial charge in [-0.15, -0.1) is 0 Å². The van der Waals surface area contributed by atoms with Gasteiger partial charge in [-0.3, -0.25) is 4.90 Å². The molecule has 0 saturated carbocycles. The monoisotopic (exact) mass is 256 g/mol. The third kappa shape index (κ3) is 2.95. The van der Waals surface area contributed by atoms with Crippen molar-refractivity contribution in [2.24, 2.45) is 0 Å². The van der Waals surface area contributed by atoms with E-state index in [0.717, 1.165) is 19.5 Å². The van der Waals surface area contributed by atoms with E-state index < -0.39 is 5.60 Å². The van der Waals surface area contributed by atoms with E-state index >= 15 is 0 Å². The molecular formula is C13H24N2O3. The van der Waals surface area contributed by atoms with Crippen LogP contribution < -0.4 is 0 Å². The molecule has 1 unspecified atom stereocenters. The first kappa shape index (κ1) is 13.6. The van der Waals surface area contributed by atoms with Crippen LogP contribution in [0.25, 0.3) is 0 Å². The number of aliphatic hydroxyl groups excluding tert-OH is 1. The van der Waals surface area contributed by atoms with Crippen LogP contribution in [0, 0.1) is 0 Å². The van der Waals surface area contributed by atoms with Gasteiger partial charge >= 0.3 is 6.09 Å². The first-order valence-corrected chi connectivity index (χ1v) is 6.75. The molecule has 0 aromatic rings. The zero-order valence-corrected chi connectivity index (χ0v) is 11.6. The highest BCUT2D eigenvalue weighted by Gasteiger charge is 2.39. The number of nitrogens with zero attached hydrogens (tertiary/aromatic N) is 2. The Bertz CT molecular complexity index is 314. The van der Waals surface area contributed by atoms with Gasteiger partial charge in [-0.2, -0.15) is 0 Å². The van der Waals surface area contributed by atoms with E-state index in [0.29, 0.717) is 12.6 Å². The van der Waals surface area contributed by atoms with Crippen LogP contribution in [0.2, 0.25) is 0 Å². The normalized spacial score (nSPS) is 29.2. The summed E-state index contributed by atoms with van der Waals surface area (Å²) >= 11 is 0. The first-order valence-electron chi connectivity index (χ1n) is 6.75. The maximum atomic E-state index is 12.1. The van der Waals surface area contributed by atoms with Gasteiger partial charge in [-0.25, -0.2) is 4.79 Å². The molecule has 2 rings (SSSR count). The molecule has 1 amide bonds. The molecular weight excluding hydrogens is 232 g/mol. The highest BCUT2D eigenvalue weighted by atomic mass is 16.6. The summed E-state index contributed by atoms with van der Waals surface area (Å²) in [5, 5.41) is 9.45. The quantitative estimate of drug-likeness (QED) is 0.762. The van der Waals surface area contributed by atoms with Gasteiger partial charge in [-0.05, 0) is 40.2 Å². The molecule has 1 N–H and O–H groups in total. The zero-order valence-electron chi connectivity index (χ0n) is 11.6. The Hall–Kier alpha value is -0.810. The van der Waals surface area contributed by atoms with Crippen molar-refractivity contribution in [3.63, 3.8) is 0 Å². The Kier molecular flexibility index (Phi) is 3.82. The summed E-state index contributed by atoms with van der Waals surface area (Å²) < 4.78 is 5.42. The lowest BCUT2D eigenvalue weighted by atomic mass is 10.1. The summed E-state index contributed by atoms with van der Waals surface area (Å²) in [7, 11) is 0. The smallest absolute Gasteiger partial charge is 0.410 e. The van der Waals surface area contributed by atoms with Gasteiger partial charge in [-0.1, -0.05) is 0 Å². The third-order valence-corrected chi connectivity index (χ3v) is 3.63. The molecule has 0 radical (unpaired) electrons. The van der Waals surface area contributed by atoms with Gasteiger partial charge < -0.3 is 14.7 Å². The largest absolute Gasteiger partial charge is 0.444 e. The van der Waals surface area contributed by atoms with Crippen LogP contribution >= 0.6 is 0 Å². The van der Waals surface area contributed by atoms with Crippen molar-refractivity contribution in [1.29, 1.82) is 0 Å². The summed E-state index contributed by atoms with van der Waals surface area (Å²) in [5.41, 5.74) is -0.482. The minimum absolute atomic E-state index is 0.00244. The number of ether oxygens (including phenoxy) is 1. The van der Waals surface area contributed by atoms with Gasteiger partial charge in [0.15, 0.2) is 0 Å². The molecule has 2 fully saturated rings. The van der Waals surface area contributed by atoms with Crippen molar-refractivity contribution in [3.8, 4) is 0 Å². The summed E-state index contributed by atoms with van der Waals surface area (Å²) in [5.74, 6) is 0. The standard InChI is InChI=1S/C13H24N2O3/c1-13(2,3)18-12(17)15-8-10-5-4-6-14(10)7-11(15)9-16/h10-11,16H,4-9H2,1-3H3/t10?,11-/m1/s1. The molecule has 5 heteroatoms. The van der Waals surface area contributed by atoms with Crippen LogP contribution in [-0.4, -0.2) is 64.9 Å². The lowest BCUT2D eigenvalue weighted by Gasteiger charge is -2.43. The maximum Gasteiger partial charge on any atom is 0.410 e. The summed E-state index contributed by atoms with van der Waals surface area (Å²) in [6, 6.07) is 0.314. The molecule has 2 aliphatic rings. The molecule has 0 aromatic heterocycles. The van der Waals surface area contributed by atoms with Crippen LogP contribution in [0.15, 0.2) is 0 Å². The van der Waals surface area contributed by atoms with Crippen molar-refractivity contribution < 1.29 is 14.6 Å². The Morgan fingerprint density at radius 3 is 2.72 bits per heavy atom. The molecule has 0 bridgehead atoms. The van der Waals surface area contributed by atoms with Crippen molar-refractivity contribution >= 4 is 6.09 Å². The van der Waals surface area contributed by atoms with Gasteiger partial charge in [0.05, 0.1) is 12.6 Å². The van der Waals surface area contributed by atoms with Crippen molar-refractivity contribution in [2.75, 3.05) is 26.2 Å². The molecule has 0 aromatic carbocycles. The fourth-order valence-electron chi connectivity index (χ4n) is 2.79. The maximum absolute atomic E-state index is 12.1. The second-order valence-corrected chi connectivity index (χ2v) is 6.26. The van der Waals surface area contributed by atoms with Crippen molar-refractivity contribution in [3.05, 3.63) is 0 Å². The second kappa shape index (κ2) is 5.05. The van der Waals surface area contributed by atoms with E-state index in [-0.39, 0.29) is 18.7 Å². The first-order chi connectivity index (χ1) is 8.40. The fraction of sp³-hybridized carbons (Fsp3) is 0.923. The molecule has 2 heterocycles. The van der Waals surface area contributed by atoms with Crippen LogP contribution in [0.3, 0.4) is 0 Å². The number of carbonyl (C=O) groups excluding carboxylic acids is 1. The van der Waals surface area contributed by atoms with Crippen molar-refractivity contribution in [2.45, 2.75) is 51.3 Å². The average Bonchev–Trinajstić information content (AvgIpc) is 2.71. The van der Waals surface area contributed by atoms with E-state index in [2.05, 4.69) is 4.90 Å². The van der Waals surface area contributed by atoms with Gasteiger partial charge in [0.25, 0.3) is 0 Å². The molecule has 18 heavy (non-hydrogen) atoms. The Morgan fingerprint density at radius 1 is 1.39 bits per heavy atom. The minimum atomic E-state index is -0.482. The number of amides is 1. The van der Waals surface area contributed by atoms with Crippen LogP contribution in [0.1, 0.15) is 33.6 Å². The van der Waals surface area contributed by atoms with Gasteiger partial charge in [0.1, 0.15) is 5.60 Å². The van der Waals surface area contributed by atoms with Crippen LogP contribution in [0.4, 0.5) is 4.79 Å². The molecule has 5 nitrogen and oxygen atoms in total. The van der Waals surface area contributed by atoms with Crippen LogP contribution in [-0.2, 0) is 4.74 Å². The fourth-order valence-corrected chi connectivity index (χ4v) is 2.79. The molecule has 2 atom stereocenters. The Morgan fingerprint density at radius 2 is 2.11 bits per heavy atom. The number of aliphatic hydroxyl groups is 1. The number of piperazine rings is 1. The minimum Gasteiger partial charge on any atom is -0.444 e. The summed E-state index contributed by atoms with van der Waals surface area (Å²) in [6.07, 6.45) is 2.02. The second-order valence-electron chi connectivity index (χ2n) is 6.26. The lowest BCUT2D eigenvalue weighted by Crippen LogP contribution is -2.59. The topological polar surface area (TPSA) is 53.0 Å². The number of fused-ring (bicyclic) bond motifs is 1. The third-order valence-electron chi connectivity index (χ3n) is 3.63. The van der Waals surface area contributed by atoms with E-state index in [1.54, 1.807) is 4.90 Å². The van der Waals surface area contributed by atoms with E-state index in [1.165, 1.54) is 6.42 Å². The molecule has 104 valence electrons. The highest BCUT2D eigenvalue weighted by molar-refractivity contribution is 5.69. The van der Waals surface area contributed by atoms with Gasteiger partial charge in [0.2, 0.25) is 0 Å². The van der Waals surface area contributed by atoms with E-state index in [9.17, 15) is 9.90 Å². The number of hydrogen-bond donors (Lipinski definition) is 1. The number of rotatable bonds is 1. The molecule has 0 aliphatic carbocycles. The Labute approximate surface area is 109 Å². The van der Waals surface area contributed by atoms with E-state index in [4.69, 9.17) is 4.74 Å². The van der Waals surface area contributed by atoms with Crippen LogP contribution in [0.5, 0.6) is 0 Å². The van der Waals surface area contributed by atoms with E-state index in [1.807, 2.05) is 20.8 Å². The lowest BCUT2D eigenvalue weighted by molar-refractivity contribution is -0.0193. The molecule has 0 spiro atoms. The average molecular weight is 256 g/mol. The predicted octanol–water partition coefficient (Wildman–Crippen LogP) is 1.06. The SMILES string of the molecule is CC(C)(C)OC(=O)N1CC2CCCN2C[C@@H]1CO. The number of hydrogen-bond acceptors (Lipinski definition) is 4. The Balaban J connectivity index is 2.03.